The van der Waals surface area contributed by atoms with E-state index in [4.69, 9.17) is 15.5 Å². The highest BCUT2D eigenvalue weighted by Crippen LogP contribution is 2.35. The van der Waals surface area contributed by atoms with E-state index in [1.165, 1.54) is 24.0 Å². The van der Waals surface area contributed by atoms with E-state index in [2.05, 4.69) is 27.3 Å². The number of nitrogens with two attached hydrogens (primary N) is 1. The van der Waals surface area contributed by atoms with Gasteiger partial charge in [0.1, 0.15) is 11.4 Å². The Morgan fingerprint density at radius 1 is 1.03 bits per heavy atom. The molecule has 0 atom stereocenters. The Kier molecular flexibility index (Phi) is 6.61. The second-order valence-electron chi connectivity index (χ2n) is 10.3. The molecule has 0 saturated carbocycles. The third-order valence-electron chi connectivity index (χ3n) is 7.85. The van der Waals surface area contributed by atoms with Gasteiger partial charge in [-0.2, -0.15) is 9.37 Å². The third kappa shape index (κ3) is 4.83. The molecule has 4 heterocycles. The molecule has 2 aromatic carbocycles. The maximum Gasteiger partial charge on any atom is 0.251 e. The highest BCUT2D eigenvalue weighted by Gasteiger charge is 2.24. The third-order valence-corrected chi connectivity index (χ3v) is 7.85. The van der Waals surface area contributed by atoms with Gasteiger partial charge in [-0.15, -0.1) is 0 Å². The lowest BCUT2D eigenvalue weighted by Gasteiger charge is -2.27. The molecule has 0 unspecified atom stereocenters. The maximum atomic E-state index is 15.2. The molecular weight excluding hydrogens is 469 g/mol. The number of carbonyl (C=O) groups is 1. The number of benzene rings is 2. The van der Waals surface area contributed by atoms with Gasteiger partial charge in [0, 0.05) is 43.0 Å². The number of anilines is 1. The van der Waals surface area contributed by atoms with Gasteiger partial charge in [-0.25, -0.2) is 4.98 Å². The molecule has 0 bridgehead atoms. The van der Waals surface area contributed by atoms with E-state index < -0.39 is 5.95 Å². The van der Waals surface area contributed by atoms with Gasteiger partial charge in [-0.05, 0) is 86.0 Å². The van der Waals surface area contributed by atoms with Crippen molar-refractivity contribution in [1.82, 2.24) is 20.2 Å². The van der Waals surface area contributed by atoms with Crippen LogP contribution >= 0.6 is 0 Å². The van der Waals surface area contributed by atoms with E-state index in [1.807, 2.05) is 12.1 Å². The van der Waals surface area contributed by atoms with Gasteiger partial charge >= 0.3 is 0 Å². The summed E-state index contributed by atoms with van der Waals surface area (Å²) in [6, 6.07) is 11.7. The SMILES string of the molecule is Nc1nc(F)c(-c2ccc(C3CCOCC3)c(CN3CCCC3)c2)nc1-c1ccc2c(c1)CCNC2=O. The number of halogens is 1. The van der Waals surface area contributed by atoms with Crippen molar-refractivity contribution >= 4 is 11.7 Å². The first-order valence-corrected chi connectivity index (χ1v) is 13.2. The fourth-order valence-corrected chi connectivity index (χ4v) is 5.88. The molecule has 3 aliphatic rings. The summed E-state index contributed by atoms with van der Waals surface area (Å²) < 4.78 is 20.8. The van der Waals surface area contributed by atoms with Crippen LogP contribution in [0, 0.1) is 5.95 Å². The molecule has 3 N–H and O–H groups in total. The van der Waals surface area contributed by atoms with Gasteiger partial charge in [-0.3, -0.25) is 9.69 Å². The smallest absolute Gasteiger partial charge is 0.251 e. The fraction of sp³-hybridized carbons (Fsp3) is 0.414. The minimum Gasteiger partial charge on any atom is -0.382 e. The van der Waals surface area contributed by atoms with Crippen LogP contribution in [-0.4, -0.2) is 53.6 Å². The van der Waals surface area contributed by atoms with Gasteiger partial charge in [0.2, 0.25) is 5.95 Å². The van der Waals surface area contributed by atoms with Gasteiger partial charge < -0.3 is 15.8 Å². The number of rotatable bonds is 5. The summed E-state index contributed by atoms with van der Waals surface area (Å²) in [6.45, 7) is 5.18. The molecule has 7 nitrogen and oxygen atoms in total. The van der Waals surface area contributed by atoms with Crippen molar-refractivity contribution < 1.29 is 13.9 Å². The van der Waals surface area contributed by atoms with Crippen LogP contribution in [0.15, 0.2) is 36.4 Å². The Labute approximate surface area is 216 Å². The first-order valence-electron chi connectivity index (χ1n) is 13.2. The van der Waals surface area contributed by atoms with E-state index in [0.29, 0.717) is 29.3 Å². The molecule has 0 radical (unpaired) electrons. The molecule has 6 rings (SSSR count). The van der Waals surface area contributed by atoms with Gasteiger partial charge in [0.15, 0.2) is 5.82 Å². The van der Waals surface area contributed by atoms with E-state index >= 15 is 4.39 Å². The number of carbonyl (C=O) groups excluding carboxylic acids is 1. The second kappa shape index (κ2) is 10.2. The standard InChI is InChI=1S/C29H32FN5O2/c30-27-25(33-26(28(31)34-27)21-4-6-24-19(15-21)7-10-32-29(24)36)20-3-5-23(18-8-13-37-14-9-18)22(16-20)17-35-11-1-2-12-35/h3-6,15-16,18H,1-2,7-14,17H2,(H2,31,34)(H,32,36). The van der Waals surface area contributed by atoms with Crippen molar-refractivity contribution in [3.63, 3.8) is 0 Å². The molecule has 1 amide bonds. The number of ether oxygens (including phenoxy) is 1. The Morgan fingerprint density at radius 3 is 2.59 bits per heavy atom. The highest BCUT2D eigenvalue weighted by atomic mass is 19.1. The Hall–Kier alpha value is -3.36. The topological polar surface area (TPSA) is 93.4 Å². The summed E-state index contributed by atoms with van der Waals surface area (Å²) in [5.41, 5.74) is 12.4. The zero-order valence-corrected chi connectivity index (χ0v) is 20.9. The molecule has 3 aliphatic heterocycles. The molecule has 1 aromatic heterocycles. The molecular formula is C29H32FN5O2. The van der Waals surface area contributed by atoms with Crippen LogP contribution in [0.3, 0.4) is 0 Å². The number of nitrogens with one attached hydrogen (secondary N) is 1. The first kappa shape index (κ1) is 24.0. The lowest BCUT2D eigenvalue weighted by Crippen LogP contribution is -2.31. The van der Waals surface area contributed by atoms with E-state index in [0.717, 1.165) is 63.2 Å². The summed E-state index contributed by atoms with van der Waals surface area (Å²) in [7, 11) is 0. The van der Waals surface area contributed by atoms with Crippen molar-refractivity contribution in [2.45, 2.75) is 44.6 Å². The Bertz CT molecular complexity index is 1330. The van der Waals surface area contributed by atoms with Crippen LogP contribution in [0.4, 0.5) is 10.2 Å². The predicted octanol–water partition coefficient (Wildman–Crippen LogP) is 4.31. The maximum absolute atomic E-state index is 15.2. The largest absolute Gasteiger partial charge is 0.382 e. The number of nitrogens with zero attached hydrogens (tertiary/aromatic N) is 3. The van der Waals surface area contributed by atoms with E-state index in [9.17, 15) is 4.79 Å². The van der Waals surface area contributed by atoms with Gasteiger partial charge in [0.05, 0.1) is 0 Å². The zero-order chi connectivity index (χ0) is 25.4. The summed E-state index contributed by atoms with van der Waals surface area (Å²) in [4.78, 5) is 23.4. The lowest BCUT2D eigenvalue weighted by molar-refractivity contribution is 0.0850. The van der Waals surface area contributed by atoms with Crippen molar-refractivity contribution in [3.8, 4) is 22.5 Å². The van der Waals surface area contributed by atoms with Crippen molar-refractivity contribution in [3.05, 3.63) is 64.6 Å². The minimum absolute atomic E-state index is 0.0394. The van der Waals surface area contributed by atoms with E-state index in [-0.39, 0.29) is 17.4 Å². The molecule has 8 heteroatoms. The van der Waals surface area contributed by atoms with Gasteiger partial charge in [-0.1, -0.05) is 18.2 Å². The van der Waals surface area contributed by atoms with Crippen LogP contribution in [0.5, 0.6) is 0 Å². The molecule has 2 saturated heterocycles. The van der Waals surface area contributed by atoms with Crippen LogP contribution in [0.25, 0.3) is 22.5 Å². The fourth-order valence-electron chi connectivity index (χ4n) is 5.88. The summed E-state index contributed by atoms with van der Waals surface area (Å²) >= 11 is 0. The second-order valence-corrected chi connectivity index (χ2v) is 10.3. The number of fused-ring (bicyclic) bond motifs is 1. The number of nitrogen functional groups attached to an aromatic ring is 1. The van der Waals surface area contributed by atoms with Crippen LogP contribution in [0.1, 0.15) is 58.6 Å². The van der Waals surface area contributed by atoms with Crippen LogP contribution < -0.4 is 11.1 Å². The number of hydrogen-bond acceptors (Lipinski definition) is 6. The highest BCUT2D eigenvalue weighted by molar-refractivity contribution is 5.97. The average molecular weight is 502 g/mol. The number of likely N-dealkylation sites (tertiary alicyclic amines) is 1. The zero-order valence-electron chi connectivity index (χ0n) is 20.9. The summed E-state index contributed by atoms with van der Waals surface area (Å²) in [5.74, 6) is -0.269. The number of hydrogen-bond donors (Lipinski definition) is 2. The van der Waals surface area contributed by atoms with Crippen LogP contribution in [-0.2, 0) is 17.7 Å². The van der Waals surface area contributed by atoms with E-state index in [1.54, 1.807) is 12.1 Å². The number of amides is 1. The summed E-state index contributed by atoms with van der Waals surface area (Å²) in [6.07, 6.45) is 5.17. The van der Waals surface area contributed by atoms with Crippen LogP contribution in [0.2, 0.25) is 0 Å². The Morgan fingerprint density at radius 2 is 1.78 bits per heavy atom. The molecule has 192 valence electrons. The van der Waals surface area contributed by atoms with Crippen molar-refractivity contribution in [2.24, 2.45) is 0 Å². The number of aromatic nitrogens is 2. The summed E-state index contributed by atoms with van der Waals surface area (Å²) in [5, 5.41) is 2.85. The van der Waals surface area contributed by atoms with Crippen molar-refractivity contribution in [1.29, 1.82) is 0 Å². The molecule has 3 aromatic rings. The lowest BCUT2D eigenvalue weighted by atomic mass is 9.87. The minimum atomic E-state index is -0.676. The molecule has 0 aliphatic carbocycles. The Balaban J connectivity index is 1.39. The first-order chi connectivity index (χ1) is 18.1. The van der Waals surface area contributed by atoms with Crippen molar-refractivity contribution in [2.75, 3.05) is 38.6 Å². The molecule has 0 spiro atoms. The average Bonchev–Trinajstić information content (AvgIpc) is 3.42. The molecule has 37 heavy (non-hydrogen) atoms. The van der Waals surface area contributed by atoms with Gasteiger partial charge in [0.25, 0.3) is 5.91 Å². The predicted molar refractivity (Wildman–Crippen MR) is 141 cm³/mol. The molecule has 2 fully saturated rings. The monoisotopic (exact) mass is 501 g/mol. The normalized spacial score (nSPS) is 18.6. The quantitative estimate of drug-likeness (QED) is 0.541.